The molecule has 2 N–H and O–H groups in total. The van der Waals surface area contributed by atoms with E-state index in [1.165, 1.54) is 0 Å². The second-order valence-corrected chi connectivity index (χ2v) is 5.30. The highest BCUT2D eigenvalue weighted by Crippen LogP contribution is 2.22. The zero-order chi connectivity index (χ0) is 15.2. The molecule has 0 aliphatic heterocycles. The van der Waals surface area contributed by atoms with Crippen molar-refractivity contribution in [2.45, 2.75) is 6.92 Å². The number of aromatic nitrogens is 2. The van der Waals surface area contributed by atoms with Gasteiger partial charge in [0.15, 0.2) is 11.5 Å². The van der Waals surface area contributed by atoms with Gasteiger partial charge in [0.05, 0.1) is 0 Å². The first-order valence-electron chi connectivity index (χ1n) is 6.36. The third kappa shape index (κ3) is 4.13. The number of nitrogens with zero attached hydrogens (tertiary/aromatic N) is 2. The van der Waals surface area contributed by atoms with Crippen LogP contribution in [0.4, 0.5) is 11.5 Å². The van der Waals surface area contributed by atoms with Gasteiger partial charge in [-0.1, -0.05) is 22.0 Å². The minimum atomic E-state index is -0.270. The van der Waals surface area contributed by atoms with E-state index >= 15 is 0 Å². The van der Waals surface area contributed by atoms with Crippen LogP contribution in [-0.4, -0.2) is 22.6 Å². The molecule has 1 heterocycles. The lowest BCUT2D eigenvalue weighted by atomic mass is 10.2. The molecule has 2 aromatic rings. The van der Waals surface area contributed by atoms with E-state index in [0.29, 0.717) is 12.4 Å². The smallest absolute Gasteiger partial charge is 0.272 e. The molecule has 1 amide bonds. The minimum absolute atomic E-state index is 0.270. The van der Waals surface area contributed by atoms with Gasteiger partial charge in [-0.2, -0.15) is 0 Å². The Kier molecular flexibility index (Phi) is 5.05. The molecule has 108 valence electrons. The first-order chi connectivity index (χ1) is 10.1. The van der Waals surface area contributed by atoms with Crippen molar-refractivity contribution in [3.05, 3.63) is 58.7 Å². The van der Waals surface area contributed by atoms with Crippen LogP contribution in [0.15, 0.2) is 47.5 Å². The number of hydrogen-bond donors (Lipinski definition) is 2. The molecular formula is C15H15BrN4O. The van der Waals surface area contributed by atoms with Crippen LogP contribution in [0.2, 0.25) is 0 Å². The molecule has 0 unspecified atom stereocenters. The average Bonchev–Trinajstić information content (AvgIpc) is 2.48. The molecule has 0 atom stereocenters. The Morgan fingerprint density at radius 3 is 2.76 bits per heavy atom. The van der Waals surface area contributed by atoms with Crippen molar-refractivity contribution in [3.8, 4) is 0 Å². The van der Waals surface area contributed by atoms with Gasteiger partial charge in [-0.3, -0.25) is 4.79 Å². The fourth-order valence-corrected chi connectivity index (χ4v) is 2.16. The lowest BCUT2D eigenvalue weighted by Crippen LogP contribution is -2.24. The van der Waals surface area contributed by atoms with Crippen LogP contribution in [0.1, 0.15) is 16.1 Å². The van der Waals surface area contributed by atoms with Crippen LogP contribution in [0.5, 0.6) is 0 Å². The number of carbonyl (C=O) groups is 1. The highest BCUT2D eigenvalue weighted by atomic mass is 79.9. The molecule has 0 spiro atoms. The molecule has 0 radical (unpaired) electrons. The monoisotopic (exact) mass is 346 g/mol. The fraction of sp³-hybridized carbons (Fsp3) is 0.133. The molecule has 0 fully saturated rings. The van der Waals surface area contributed by atoms with Crippen molar-refractivity contribution in [1.82, 2.24) is 15.5 Å². The van der Waals surface area contributed by atoms with Gasteiger partial charge in [0.1, 0.15) is 0 Å². The highest BCUT2D eigenvalue weighted by Gasteiger charge is 2.07. The van der Waals surface area contributed by atoms with Crippen LogP contribution >= 0.6 is 15.9 Å². The van der Waals surface area contributed by atoms with Crippen molar-refractivity contribution >= 4 is 33.3 Å². The van der Waals surface area contributed by atoms with Gasteiger partial charge in [0.2, 0.25) is 0 Å². The van der Waals surface area contributed by atoms with Crippen molar-refractivity contribution in [2.24, 2.45) is 0 Å². The number of hydrogen-bond acceptors (Lipinski definition) is 4. The predicted molar refractivity (Wildman–Crippen MR) is 86.7 cm³/mol. The average molecular weight is 347 g/mol. The topological polar surface area (TPSA) is 66.9 Å². The zero-order valence-corrected chi connectivity index (χ0v) is 13.1. The summed E-state index contributed by atoms with van der Waals surface area (Å²) >= 11 is 3.42. The molecule has 2 rings (SSSR count). The lowest BCUT2D eigenvalue weighted by Gasteiger charge is -2.09. The van der Waals surface area contributed by atoms with E-state index in [1.807, 2.05) is 25.1 Å². The number of nitrogens with one attached hydrogen (secondary N) is 2. The second-order valence-electron chi connectivity index (χ2n) is 4.39. The van der Waals surface area contributed by atoms with Crippen molar-refractivity contribution in [1.29, 1.82) is 0 Å². The Bertz CT molecular complexity index is 655. The Hall–Kier alpha value is -2.21. The Balaban J connectivity index is 2.08. The summed E-state index contributed by atoms with van der Waals surface area (Å²) in [6, 6.07) is 9.25. The maximum absolute atomic E-state index is 11.7. The molecular weight excluding hydrogens is 332 g/mol. The number of halogens is 1. The zero-order valence-electron chi connectivity index (χ0n) is 11.6. The molecule has 1 aromatic heterocycles. The van der Waals surface area contributed by atoms with E-state index in [4.69, 9.17) is 0 Å². The maximum atomic E-state index is 11.7. The summed E-state index contributed by atoms with van der Waals surface area (Å²) in [7, 11) is 0. The third-order valence-corrected chi connectivity index (χ3v) is 3.25. The van der Waals surface area contributed by atoms with Gasteiger partial charge in [-0.15, -0.1) is 16.8 Å². The van der Waals surface area contributed by atoms with Crippen molar-refractivity contribution in [2.75, 3.05) is 11.9 Å². The molecule has 1 aromatic carbocycles. The first kappa shape index (κ1) is 15.2. The molecule has 21 heavy (non-hydrogen) atoms. The van der Waals surface area contributed by atoms with Crippen molar-refractivity contribution in [3.63, 3.8) is 0 Å². The number of aryl methyl sites for hydroxylation is 1. The van der Waals surface area contributed by atoms with Crippen LogP contribution in [-0.2, 0) is 0 Å². The number of carbonyl (C=O) groups excluding carboxylic acids is 1. The molecule has 6 heteroatoms. The minimum Gasteiger partial charge on any atom is -0.347 e. The van der Waals surface area contributed by atoms with Crippen LogP contribution < -0.4 is 10.6 Å². The quantitative estimate of drug-likeness (QED) is 0.815. The number of rotatable bonds is 5. The summed E-state index contributed by atoms with van der Waals surface area (Å²) in [4.78, 5) is 11.7. The van der Waals surface area contributed by atoms with E-state index in [-0.39, 0.29) is 11.6 Å². The largest absolute Gasteiger partial charge is 0.347 e. The predicted octanol–water partition coefficient (Wildman–Crippen LogP) is 3.21. The first-order valence-corrected chi connectivity index (χ1v) is 7.15. The number of benzene rings is 1. The Morgan fingerprint density at radius 2 is 2.14 bits per heavy atom. The summed E-state index contributed by atoms with van der Waals surface area (Å²) in [6.07, 6.45) is 1.61. The van der Waals surface area contributed by atoms with Gasteiger partial charge in [-0.05, 0) is 42.8 Å². The second kappa shape index (κ2) is 6.99. The molecule has 0 saturated carbocycles. The van der Waals surface area contributed by atoms with E-state index in [9.17, 15) is 4.79 Å². The molecule has 0 aliphatic carbocycles. The Labute approximate surface area is 131 Å². The molecule has 0 bridgehead atoms. The molecule has 0 aliphatic rings. The lowest BCUT2D eigenvalue weighted by molar-refractivity contribution is 0.0952. The number of amides is 1. The maximum Gasteiger partial charge on any atom is 0.272 e. The highest BCUT2D eigenvalue weighted by molar-refractivity contribution is 9.10. The summed E-state index contributed by atoms with van der Waals surface area (Å²) in [6.45, 7) is 5.94. The standard InChI is InChI=1S/C15H15BrN4O/c1-3-8-17-15(21)13-6-7-14(20-19-13)18-12-5-4-11(16)9-10(12)2/h3-7,9H,1,8H2,2H3,(H,17,21)(H,18,20). The van der Waals surface area contributed by atoms with Crippen LogP contribution in [0.3, 0.4) is 0 Å². The van der Waals surface area contributed by atoms with Gasteiger partial charge in [0.25, 0.3) is 5.91 Å². The van der Waals surface area contributed by atoms with Gasteiger partial charge in [0, 0.05) is 16.7 Å². The normalized spacial score (nSPS) is 10.0. The summed E-state index contributed by atoms with van der Waals surface area (Å²) in [5, 5.41) is 13.7. The SMILES string of the molecule is C=CCNC(=O)c1ccc(Nc2ccc(Br)cc2C)nn1. The van der Waals surface area contributed by atoms with Crippen LogP contribution in [0.25, 0.3) is 0 Å². The summed E-state index contributed by atoms with van der Waals surface area (Å²) < 4.78 is 1.02. The van der Waals surface area contributed by atoms with Gasteiger partial charge < -0.3 is 10.6 Å². The van der Waals surface area contributed by atoms with Gasteiger partial charge in [-0.25, -0.2) is 0 Å². The summed E-state index contributed by atoms with van der Waals surface area (Å²) in [5.74, 6) is 0.314. The third-order valence-electron chi connectivity index (χ3n) is 2.76. The number of anilines is 2. The van der Waals surface area contributed by atoms with E-state index in [1.54, 1.807) is 18.2 Å². The molecule has 0 saturated heterocycles. The van der Waals surface area contributed by atoms with Crippen LogP contribution in [0, 0.1) is 6.92 Å². The van der Waals surface area contributed by atoms with Crippen molar-refractivity contribution < 1.29 is 4.79 Å². The summed E-state index contributed by atoms with van der Waals surface area (Å²) in [5.41, 5.74) is 2.30. The fourth-order valence-electron chi connectivity index (χ4n) is 1.68. The van der Waals surface area contributed by atoms with E-state index in [2.05, 4.69) is 43.3 Å². The van der Waals surface area contributed by atoms with E-state index < -0.39 is 0 Å². The van der Waals surface area contributed by atoms with E-state index in [0.717, 1.165) is 15.7 Å². The Morgan fingerprint density at radius 1 is 1.33 bits per heavy atom. The van der Waals surface area contributed by atoms with Gasteiger partial charge >= 0.3 is 0 Å². The molecule has 5 nitrogen and oxygen atoms in total.